The number of hydrogen-bond acceptors (Lipinski definition) is 5. The molecule has 1 unspecified atom stereocenters. The third-order valence-electron chi connectivity index (χ3n) is 2.10. The van der Waals surface area contributed by atoms with Crippen molar-refractivity contribution in [3.05, 3.63) is 11.9 Å². The van der Waals surface area contributed by atoms with Gasteiger partial charge in [0.2, 0.25) is 0 Å². The second kappa shape index (κ2) is 4.92. The summed E-state index contributed by atoms with van der Waals surface area (Å²) in [6.07, 6.45) is 0. The molecule has 1 heterocycles. The normalized spacial score (nSPS) is 20.9. The molecular weight excluding hydrogens is 219 g/mol. The summed E-state index contributed by atoms with van der Waals surface area (Å²) in [4.78, 5) is 11.4. The van der Waals surface area contributed by atoms with Crippen molar-refractivity contribution in [3.8, 4) is 0 Å². The maximum absolute atomic E-state index is 11.9. The number of carbonyl (C=O) groups excluding carboxylic acids is 1. The van der Waals surface area contributed by atoms with Crippen LogP contribution in [0.5, 0.6) is 0 Å². The standard InChI is InChI=1S/C9H15O5P/c1-4-12-9(10)7(2)8(3)15(11)13-5-6-14-15/h7H,3-6H2,1-2H3. The molecule has 1 aliphatic rings. The van der Waals surface area contributed by atoms with Gasteiger partial charge in [-0.05, 0) is 13.8 Å². The van der Waals surface area contributed by atoms with Crippen molar-refractivity contribution in [1.82, 2.24) is 0 Å². The van der Waals surface area contributed by atoms with Crippen molar-refractivity contribution < 1.29 is 23.1 Å². The topological polar surface area (TPSA) is 61.8 Å². The average molecular weight is 234 g/mol. The third kappa shape index (κ3) is 2.68. The van der Waals surface area contributed by atoms with Crippen LogP contribution in [0.4, 0.5) is 0 Å². The quantitative estimate of drug-likeness (QED) is 0.549. The summed E-state index contributed by atoms with van der Waals surface area (Å²) in [7, 11) is -3.29. The van der Waals surface area contributed by atoms with E-state index in [-0.39, 0.29) is 25.1 Å². The highest BCUT2D eigenvalue weighted by Crippen LogP contribution is 2.60. The lowest BCUT2D eigenvalue weighted by Crippen LogP contribution is -2.16. The Kier molecular flexibility index (Phi) is 4.08. The number of ether oxygens (including phenoxy) is 1. The molecule has 15 heavy (non-hydrogen) atoms. The van der Waals surface area contributed by atoms with Crippen molar-refractivity contribution >= 4 is 13.6 Å². The maximum Gasteiger partial charge on any atom is 0.357 e. The van der Waals surface area contributed by atoms with E-state index < -0.39 is 19.5 Å². The van der Waals surface area contributed by atoms with Crippen LogP contribution >= 0.6 is 7.60 Å². The molecule has 1 saturated heterocycles. The van der Waals surface area contributed by atoms with E-state index in [2.05, 4.69) is 6.58 Å². The zero-order valence-electron chi connectivity index (χ0n) is 8.89. The lowest BCUT2D eigenvalue weighted by atomic mass is 10.2. The van der Waals surface area contributed by atoms with Gasteiger partial charge in [0, 0.05) is 5.31 Å². The minimum atomic E-state index is -3.29. The van der Waals surface area contributed by atoms with Gasteiger partial charge < -0.3 is 13.8 Å². The van der Waals surface area contributed by atoms with Crippen molar-refractivity contribution in [1.29, 1.82) is 0 Å². The summed E-state index contributed by atoms with van der Waals surface area (Å²) in [6, 6.07) is 0. The molecule has 0 bridgehead atoms. The van der Waals surface area contributed by atoms with Crippen molar-refractivity contribution in [2.24, 2.45) is 5.92 Å². The minimum Gasteiger partial charge on any atom is -0.466 e. The molecule has 1 atom stereocenters. The predicted molar refractivity (Wildman–Crippen MR) is 54.4 cm³/mol. The lowest BCUT2D eigenvalue weighted by Gasteiger charge is -2.17. The molecule has 1 aliphatic heterocycles. The van der Waals surface area contributed by atoms with E-state index in [0.717, 1.165) is 0 Å². The highest BCUT2D eigenvalue weighted by atomic mass is 31.2. The van der Waals surface area contributed by atoms with Crippen LogP contribution in [0.25, 0.3) is 0 Å². The van der Waals surface area contributed by atoms with Crippen LogP contribution < -0.4 is 0 Å². The highest BCUT2D eigenvalue weighted by Gasteiger charge is 2.38. The fourth-order valence-corrected chi connectivity index (χ4v) is 2.77. The molecule has 0 aliphatic carbocycles. The fraction of sp³-hybridized carbons (Fsp3) is 0.667. The smallest absolute Gasteiger partial charge is 0.357 e. The predicted octanol–water partition coefficient (Wildman–Crippen LogP) is 1.94. The molecule has 0 aromatic rings. The maximum atomic E-state index is 11.9. The van der Waals surface area contributed by atoms with Crippen molar-refractivity contribution in [2.75, 3.05) is 19.8 Å². The van der Waals surface area contributed by atoms with Crippen LogP contribution in [0.1, 0.15) is 13.8 Å². The van der Waals surface area contributed by atoms with E-state index in [9.17, 15) is 9.36 Å². The third-order valence-corrected chi connectivity index (χ3v) is 4.23. The second-order valence-electron chi connectivity index (χ2n) is 3.13. The van der Waals surface area contributed by atoms with Crippen molar-refractivity contribution in [3.63, 3.8) is 0 Å². The van der Waals surface area contributed by atoms with Crippen LogP contribution in [0.3, 0.4) is 0 Å². The van der Waals surface area contributed by atoms with E-state index in [1.807, 2.05) is 0 Å². The number of esters is 1. The van der Waals surface area contributed by atoms with Gasteiger partial charge in [-0.3, -0.25) is 9.36 Å². The Morgan fingerprint density at radius 2 is 2.07 bits per heavy atom. The summed E-state index contributed by atoms with van der Waals surface area (Å²) in [5.74, 6) is -1.13. The van der Waals surface area contributed by atoms with Gasteiger partial charge in [-0.25, -0.2) is 0 Å². The Morgan fingerprint density at radius 1 is 1.53 bits per heavy atom. The number of rotatable bonds is 4. The molecule has 6 heteroatoms. The Bertz CT molecular complexity index is 302. The van der Waals surface area contributed by atoms with E-state index in [1.165, 1.54) is 0 Å². The van der Waals surface area contributed by atoms with Gasteiger partial charge in [0.05, 0.1) is 25.7 Å². The molecule has 86 valence electrons. The Labute approximate surface area is 88.9 Å². The van der Waals surface area contributed by atoms with Crippen LogP contribution in [0.15, 0.2) is 11.9 Å². The summed E-state index contributed by atoms with van der Waals surface area (Å²) in [5, 5.41) is 0.165. The Morgan fingerprint density at radius 3 is 2.53 bits per heavy atom. The highest BCUT2D eigenvalue weighted by molar-refractivity contribution is 7.58. The molecule has 0 saturated carbocycles. The minimum absolute atomic E-state index is 0.165. The Hall–Kier alpha value is -0.640. The molecule has 0 aromatic carbocycles. The summed E-state index contributed by atoms with van der Waals surface area (Å²) in [5.41, 5.74) is 0. The summed E-state index contributed by atoms with van der Waals surface area (Å²) < 4.78 is 26.7. The first-order valence-corrected chi connectivity index (χ1v) is 6.30. The van der Waals surface area contributed by atoms with E-state index >= 15 is 0 Å². The largest absolute Gasteiger partial charge is 0.466 e. The SMILES string of the molecule is C=C(C(C)C(=O)OCC)P1(=O)OCCO1. The zero-order chi connectivity index (χ0) is 11.5. The lowest BCUT2D eigenvalue weighted by molar-refractivity contribution is -0.145. The molecule has 1 fully saturated rings. The van der Waals surface area contributed by atoms with Crippen LogP contribution in [0, 0.1) is 5.92 Å². The van der Waals surface area contributed by atoms with Crippen molar-refractivity contribution in [2.45, 2.75) is 13.8 Å². The Balaban J connectivity index is 2.67. The zero-order valence-corrected chi connectivity index (χ0v) is 9.79. The van der Waals surface area contributed by atoms with Crippen LogP contribution in [-0.4, -0.2) is 25.8 Å². The van der Waals surface area contributed by atoms with Gasteiger partial charge in [-0.1, -0.05) is 6.58 Å². The monoisotopic (exact) mass is 234 g/mol. The molecule has 0 N–H and O–H groups in total. The molecule has 0 aromatic heterocycles. The van der Waals surface area contributed by atoms with Gasteiger partial charge in [-0.15, -0.1) is 0 Å². The first kappa shape index (κ1) is 12.4. The van der Waals surface area contributed by atoms with E-state index in [4.69, 9.17) is 13.8 Å². The molecule has 0 amide bonds. The first-order valence-electron chi connectivity index (χ1n) is 4.76. The van der Waals surface area contributed by atoms with Gasteiger partial charge in [0.15, 0.2) is 0 Å². The summed E-state index contributed by atoms with van der Waals surface area (Å²) >= 11 is 0. The summed E-state index contributed by atoms with van der Waals surface area (Å²) in [6.45, 7) is 7.70. The average Bonchev–Trinajstić information content (AvgIpc) is 2.64. The van der Waals surface area contributed by atoms with Gasteiger partial charge >= 0.3 is 13.6 Å². The fourth-order valence-electron chi connectivity index (χ4n) is 1.16. The molecule has 0 radical (unpaired) electrons. The van der Waals surface area contributed by atoms with E-state index in [1.54, 1.807) is 13.8 Å². The molecule has 1 rings (SSSR count). The van der Waals surface area contributed by atoms with E-state index in [0.29, 0.717) is 0 Å². The van der Waals surface area contributed by atoms with Gasteiger partial charge in [0.1, 0.15) is 0 Å². The second-order valence-corrected chi connectivity index (χ2v) is 5.21. The van der Waals surface area contributed by atoms with Crippen LogP contribution in [-0.2, 0) is 23.1 Å². The molecular formula is C9H15O5P. The number of carbonyl (C=O) groups is 1. The number of hydrogen-bond donors (Lipinski definition) is 0. The van der Waals surface area contributed by atoms with Gasteiger partial charge in [0.25, 0.3) is 0 Å². The van der Waals surface area contributed by atoms with Crippen LogP contribution in [0.2, 0.25) is 0 Å². The first-order chi connectivity index (χ1) is 7.01. The van der Waals surface area contributed by atoms with Gasteiger partial charge in [-0.2, -0.15) is 0 Å². The molecule has 5 nitrogen and oxygen atoms in total. The molecule has 0 spiro atoms.